The Morgan fingerprint density at radius 3 is 2.97 bits per heavy atom. The number of imidazole rings is 1. The number of aromatic nitrogens is 2. The minimum atomic E-state index is -0.000669. The Bertz CT molecular complexity index is 963. The first-order chi connectivity index (χ1) is 14.1. The molecule has 0 aliphatic carbocycles. The second-order valence-corrected chi connectivity index (χ2v) is 7.54. The number of amides is 1. The molecule has 0 atom stereocenters. The van der Waals surface area contributed by atoms with Gasteiger partial charge in [-0.3, -0.25) is 9.69 Å². The second kappa shape index (κ2) is 8.63. The number of para-hydroxylation sites is 2. The standard InChI is InChI=1S/C22H28N6O/c1-23-9-11-28-12-10-24-18-8-7-16(13-17(18)14-28)22(29)27(2)15-21-25-19-5-3-4-6-20(19)26-21/h3-8,13,23-24H,9-12,14-15H2,1-2H3,(H,25,26). The van der Waals surface area contributed by atoms with Crippen LogP contribution < -0.4 is 10.6 Å². The molecule has 3 N–H and O–H groups in total. The molecule has 7 nitrogen and oxygen atoms in total. The van der Waals surface area contributed by atoms with Gasteiger partial charge in [-0.2, -0.15) is 0 Å². The van der Waals surface area contributed by atoms with Gasteiger partial charge >= 0.3 is 0 Å². The monoisotopic (exact) mass is 392 g/mol. The Kier molecular flexibility index (Phi) is 5.78. The maximum Gasteiger partial charge on any atom is 0.254 e. The molecule has 0 unspecified atom stereocenters. The number of benzene rings is 2. The van der Waals surface area contributed by atoms with Gasteiger partial charge in [0.15, 0.2) is 0 Å². The molecule has 0 saturated carbocycles. The quantitative estimate of drug-likeness (QED) is 0.600. The van der Waals surface area contributed by atoms with Crippen molar-refractivity contribution in [2.75, 3.05) is 45.6 Å². The first kappa shape index (κ1) is 19.4. The predicted molar refractivity (Wildman–Crippen MR) is 116 cm³/mol. The average molecular weight is 393 g/mol. The number of fused-ring (bicyclic) bond motifs is 2. The van der Waals surface area contributed by atoms with Gasteiger partial charge in [0.1, 0.15) is 5.82 Å². The number of nitrogens with zero attached hydrogens (tertiary/aromatic N) is 3. The van der Waals surface area contributed by atoms with E-state index in [1.807, 2.05) is 56.6 Å². The van der Waals surface area contributed by atoms with Crippen LogP contribution in [0.15, 0.2) is 42.5 Å². The molecule has 1 amide bonds. The van der Waals surface area contributed by atoms with E-state index in [9.17, 15) is 4.79 Å². The molecule has 1 aromatic heterocycles. The Labute approximate surface area is 171 Å². The van der Waals surface area contributed by atoms with Crippen molar-refractivity contribution in [3.8, 4) is 0 Å². The van der Waals surface area contributed by atoms with Crippen LogP contribution in [0, 0.1) is 0 Å². The molecule has 0 radical (unpaired) electrons. The molecule has 3 aromatic rings. The summed E-state index contributed by atoms with van der Waals surface area (Å²) in [5, 5.41) is 6.68. The van der Waals surface area contributed by atoms with E-state index in [4.69, 9.17) is 0 Å². The van der Waals surface area contributed by atoms with E-state index in [2.05, 4.69) is 25.5 Å². The average Bonchev–Trinajstić information content (AvgIpc) is 3.02. The molecule has 7 heteroatoms. The zero-order valence-electron chi connectivity index (χ0n) is 17.0. The van der Waals surface area contributed by atoms with Gasteiger partial charge in [0, 0.05) is 51.0 Å². The molecule has 152 valence electrons. The van der Waals surface area contributed by atoms with Crippen molar-refractivity contribution >= 4 is 22.6 Å². The lowest BCUT2D eigenvalue weighted by Gasteiger charge is -2.20. The van der Waals surface area contributed by atoms with Gasteiger partial charge in [0.2, 0.25) is 0 Å². The number of anilines is 1. The molecule has 2 heterocycles. The summed E-state index contributed by atoms with van der Waals surface area (Å²) in [7, 11) is 3.79. The second-order valence-electron chi connectivity index (χ2n) is 7.54. The number of nitrogens with one attached hydrogen (secondary N) is 3. The number of hydrogen-bond donors (Lipinski definition) is 3. The summed E-state index contributed by atoms with van der Waals surface area (Å²) >= 11 is 0. The van der Waals surface area contributed by atoms with E-state index in [-0.39, 0.29) is 5.91 Å². The topological polar surface area (TPSA) is 76.3 Å². The Hall–Kier alpha value is -2.90. The lowest BCUT2D eigenvalue weighted by molar-refractivity contribution is 0.0782. The summed E-state index contributed by atoms with van der Waals surface area (Å²) in [6.07, 6.45) is 0. The van der Waals surface area contributed by atoms with Crippen molar-refractivity contribution in [3.05, 3.63) is 59.4 Å². The number of carbonyl (C=O) groups is 1. The van der Waals surface area contributed by atoms with Gasteiger partial charge < -0.3 is 20.5 Å². The fourth-order valence-corrected chi connectivity index (χ4v) is 3.76. The molecule has 29 heavy (non-hydrogen) atoms. The number of likely N-dealkylation sites (N-methyl/N-ethyl adjacent to an activating group) is 1. The molecule has 4 rings (SSSR count). The smallest absolute Gasteiger partial charge is 0.254 e. The highest BCUT2D eigenvalue weighted by molar-refractivity contribution is 5.94. The molecule has 1 aliphatic rings. The van der Waals surface area contributed by atoms with Crippen molar-refractivity contribution in [3.63, 3.8) is 0 Å². The third-order valence-corrected chi connectivity index (χ3v) is 5.34. The number of carbonyl (C=O) groups excluding carboxylic acids is 1. The fraction of sp³-hybridized carbons (Fsp3) is 0.364. The van der Waals surface area contributed by atoms with Crippen LogP contribution in [0.4, 0.5) is 5.69 Å². The van der Waals surface area contributed by atoms with Crippen molar-refractivity contribution < 1.29 is 4.79 Å². The predicted octanol–water partition coefficient (Wildman–Crippen LogP) is 2.28. The summed E-state index contributed by atoms with van der Waals surface area (Å²) in [4.78, 5) is 25.0. The van der Waals surface area contributed by atoms with E-state index in [1.54, 1.807) is 4.90 Å². The summed E-state index contributed by atoms with van der Waals surface area (Å²) in [6.45, 7) is 5.13. The fourth-order valence-electron chi connectivity index (χ4n) is 3.76. The molecular formula is C22H28N6O. The number of H-pyrrole nitrogens is 1. The Morgan fingerprint density at radius 1 is 1.28 bits per heavy atom. The van der Waals surface area contributed by atoms with Crippen LogP contribution in [-0.2, 0) is 13.1 Å². The number of aromatic amines is 1. The van der Waals surface area contributed by atoms with Crippen LogP contribution in [0.3, 0.4) is 0 Å². The van der Waals surface area contributed by atoms with Gasteiger partial charge in [0.25, 0.3) is 5.91 Å². The molecule has 2 aromatic carbocycles. The molecule has 1 aliphatic heterocycles. The van der Waals surface area contributed by atoms with Crippen LogP contribution >= 0.6 is 0 Å². The van der Waals surface area contributed by atoms with E-state index in [1.165, 1.54) is 5.56 Å². The highest BCUT2D eigenvalue weighted by atomic mass is 16.2. The first-order valence-electron chi connectivity index (χ1n) is 10.1. The zero-order chi connectivity index (χ0) is 20.2. The first-order valence-corrected chi connectivity index (χ1v) is 10.1. The van der Waals surface area contributed by atoms with E-state index in [0.29, 0.717) is 12.1 Å². The van der Waals surface area contributed by atoms with E-state index < -0.39 is 0 Å². The van der Waals surface area contributed by atoms with Crippen LogP contribution in [-0.4, -0.2) is 65.9 Å². The van der Waals surface area contributed by atoms with Crippen LogP contribution in [0.2, 0.25) is 0 Å². The normalized spacial score (nSPS) is 14.3. The van der Waals surface area contributed by atoms with Gasteiger partial charge in [0.05, 0.1) is 17.6 Å². The van der Waals surface area contributed by atoms with Crippen molar-refractivity contribution in [1.82, 2.24) is 25.1 Å². The summed E-state index contributed by atoms with van der Waals surface area (Å²) < 4.78 is 0. The van der Waals surface area contributed by atoms with Gasteiger partial charge in [-0.1, -0.05) is 12.1 Å². The molecular weight excluding hydrogens is 364 g/mol. The summed E-state index contributed by atoms with van der Waals surface area (Å²) in [6, 6.07) is 13.9. The maximum atomic E-state index is 13.0. The van der Waals surface area contributed by atoms with Gasteiger partial charge in [-0.15, -0.1) is 0 Å². The molecule has 0 bridgehead atoms. The molecule has 0 spiro atoms. The third kappa shape index (κ3) is 4.41. The molecule has 0 fully saturated rings. The lowest BCUT2D eigenvalue weighted by atomic mass is 10.1. The zero-order valence-corrected chi connectivity index (χ0v) is 17.0. The van der Waals surface area contributed by atoms with Crippen molar-refractivity contribution in [1.29, 1.82) is 0 Å². The van der Waals surface area contributed by atoms with E-state index in [0.717, 1.165) is 55.3 Å². The van der Waals surface area contributed by atoms with Crippen molar-refractivity contribution in [2.45, 2.75) is 13.1 Å². The number of hydrogen-bond acceptors (Lipinski definition) is 5. The Morgan fingerprint density at radius 2 is 2.14 bits per heavy atom. The van der Waals surface area contributed by atoms with Crippen LogP contribution in [0.25, 0.3) is 11.0 Å². The third-order valence-electron chi connectivity index (χ3n) is 5.34. The van der Waals surface area contributed by atoms with E-state index >= 15 is 0 Å². The largest absolute Gasteiger partial charge is 0.383 e. The minimum absolute atomic E-state index is 0.000669. The number of rotatable bonds is 6. The summed E-state index contributed by atoms with van der Waals surface area (Å²) in [5.74, 6) is 0.788. The van der Waals surface area contributed by atoms with Crippen LogP contribution in [0.5, 0.6) is 0 Å². The van der Waals surface area contributed by atoms with Gasteiger partial charge in [-0.25, -0.2) is 4.98 Å². The Balaban J connectivity index is 1.48. The van der Waals surface area contributed by atoms with Crippen molar-refractivity contribution in [2.24, 2.45) is 0 Å². The summed E-state index contributed by atoms with van der Waals surface area (Å²) in [5.41, 5.74) is 4.90. The maximum absolute atomic E-state index is 13.0. The molecule has 0 saturated heterocycles. The SMILES string of the molecule is CNCCN1CCNc2ccc(C(=O)N(C)Cc3nc4ccccc4[nH]3)cc2C1. The van der Waals surface area contributed by atoms with Gasteiger partial charge in [-0.05, 0) is 42.9 Å². The highest BCUT2D eigenvalue weighted by Crippen LogP contribution is 2.23. The minimum Gasteiger partial charge on any atom is -0.383 e. The van der Waals surface area contributed by atoms with Crippen LogP contribution in [0.1, 0.15) is 21.7 Å². The highest BCUT2D eigenvalue weighted by Gasteiger charge is 2.18. The lowest BCUT2D eigenvalue weighted by Crippen LogP contribution is -2.32.